The molecule has 3 aromatic carbocycles. The summed E-state index contributed by atoms with van der Waals surface area (Å²) in [5, 5.41) is 3.36. The van der Waals surface area contributed by atoms with Gasteiger partial charge >= 0.3 is 0 Å². The molecule has 1 N–H and O–H groups in total. The summed E-state index contributed by atoms with van der Waals surface area (Å²) >= 11 is 6.45. The van der Waals surface area contributed by atoms with E-state index in [4.69, 9.17) is 16.3 Å². The van der Waals surface area contributed by atoms with E-state index in [0.29, 0.717) is 23.6 Å². The summed E-state index contributed by atoms with van der Waals surface area (Å²) in [6, 6.07) is 19.3. The van der Waals surface area contributed by atoms with Gasteiger partial charge in [-0.2, -0.15) is 0 Å². The van der Waals surface area contributed by atoms with Crippen molar-refractivity contribution in [2.45, 2.75) is 57.5 Å². The van der Waals surface area contributed by atoms with E-state index in [2.05, 4.69) is 5.32 Å². The first-order valence-corrected chi connectivity index (χ1v) is 15.5. The highest BCUT2D eigenvalue weighted by Crippen LogP contribution is 2.33. The smallest absolute Gasteiger partial charge is 0.264 e. The highest BCUT2D eigenvalue weighted by atomic mass is 35.5. The van der Waals surface area contributed by atoms with Crippen molar-refractivity contribution in [3.8, 4) is 5.75 Å². The minimum Gasteiger partial charge on any atom is -0.495 e. The average Bonchev–Trinajstić information content (AvgIpc) is 2.97. The van der Waals surface area contributed by atoms with Crippen LogP contribution in [0.25, 0.3) is 0 Å². The van der Waals surface area contributed by atoms with Crippen molar-refractivity contribution in [1.29, 1.82) is 0 Å². The van der Waals surface area contributed by atoms with Gasteiger partial charge in [-0.05, 0) is 55.7 Å². The fourth-order valence-electron chi connectivity index (χ4n) is 4.42. The Balaban J connectivity index is 2.08. The van der Waals surface area contributed by atoms with Crippen molar-refractivity contribution >= 4 is 39.1 Å². The number of sulfonamides is 1. The summed E-state index contributed by atoms with van der Waals surface area (Å²) in [6.07, 6.45) is 2.04. The molecule has 0 radical (unpaired) electrons. The molecule has 0 unspecified atom stereocenters. The number of nitrogens with one attached hydrogen (secondary N) is 1. The third-order valence-corrected chi connectivity index (χ3v) is 8.90. The fraction of sp³-hybridized carbons (Fsp3) is 0.355. The Kier molecular flexibility index (Phi) is 11.6. The number of nitrogens with zero attached hydrogens (tertiary/aromatic N) is 2. The number of rotatable bonds is 14. The third-order valence-electron chi connectivity index (χ3n) is 6.76. The van der Waals surface area contributed by atoms with Crippen molar-refractivity contribution in [2.75, 3.05) is 24.5 Å². The van der Waals surface area contributed by atoms with E-state index in [1.54, 1.807) is 60.7 Å². The quantitative estimate of drug-likeness (QED) is 0.244. The number of hydrogen-bond acceptors (Lipinski definition) is 5. The van der Waals surface area contributed by atoms with E-state index in [1.807, 2.05) is 20.8 Å². The molecule has 41 heavy (non-hydrogen) atoms. The minimum atomic E-state index is -4.20. The van der Waals surface area contributed by atoms with Crippen LogP contribution in [0, 0.1) is 6.92 Å². The van der Waals surface area contributed by atoms with Gasteiger partial charge in [0.25, 0.3) is 10.0 Å². The Labute approximate surface area is 248 Å². The van der Waals surface area contributed by atoms with Gasteiger partial charge < -0.3 is 15.0 Å². The van der Waals surface area contributed by atoms with Crippen molar-refractivity contribution in [3.05, 3.63) is 88.9 Å². The first-order valence-electron chi connectivity index (χ1n) is 13.7. The van der Waals surface area contributed by atoms with Crippen molar-refractivity contribution in [3.63, 3.8) is 0 Å². The van der Waals surface area contributed by atoms with Gasteiger partial charge in [-0.25, -0.2) is 8.42 Å². The van der Waals surface area contributed by atoms with Crippen molar-refractivity contribution < 1.29 is 22.7 Å². The Morgan fingerprint density at radius 1 is 0.976 bits per heavy atom. The van der Waals surface area contributed by atoms with Gasteiger partial charge in [0.2, 0.25) is 11.8 Å². The normalized spacial score (nSPS) is 11.9. The van der Waals surface area contributed by atoms with Crippen LogP contribution < -0.4 is 14.4 Å². The molecule has 0 aromatic heterocycles. The molecular weight excluding hydrogens is 562 g/mol. The van der Waals surface area contributed by atoms with E-state index in [0.717, 1.165) is 22.7 Å². The standard InChI is InChI=1S/C31H38ClN3O5S/c1-5-7-20-33-31(37)27(6-2)34(21-24-12-8-9-13-26(24)32)30(36)22-35(28-14-10-11-15-29(28)40-4)41(38,39)25-18-16-23(3)17-19-25/h8-19,27H,5-7,20-22H2,1-4H3,(H,33,37)/t27-/m0/s1. The molecule has 0 aliphatic heterocycles. The van der Waals surface area contributed by atoms with Crippen molar-refractivity contribution in [1.82, 2.24) is 10.2 Å². The second kappa shape index (κ2) is 14.9. The Hall–Kier alpha value is -3.56. The van der Waals surface area contributed by atoms with Crippen LogP contribution in [0.2, 0.25) is 5.02 Å². The van der Waals surface area contributed by atoms with Crippen LogP contribution in [0.5, 0.6) is 5.75 Å². The predicted octanol–water partition coefficient (Wildman–Crippen LogP) is 5.58. The van der Waals surface area contributed by atoms with E-state index in [-0.39, 0.29) is 28.8 Å². The molecule has 0 bridgehead atoms. The molecule has 220 valence electrons. The van der Waals surface area contributed by atoms with Gasteiger partial charge in [-0.3, -0.25) is 13.9 Å². The lowest BCUT2D eigenvalue weighted by Gasteiger charge is -2.33. The van der Waals surface area contributed by atoms with Gasteiger partial charge in [-0.1, -0.05) is 79.9 Å². The first kappa shape index (κ1) is 32.0. The number of carbonyl (C=O) groups is 2. The molecule has 0 spiro atoms. The molecule has 10 heteroatoms. The Morgan fingerprint density at radius 2 is 1.63 bits per heavy atom. The zero-order chi connectivity index (χ0) is 30.0. The number of hydrogen-bond donors (Lipinski definition) is 1. The summed E-state index contributed by atoms with van der Waals surface area (Å²) in [5.41, 5.74) is 1.75. The maximum absolute atomic E-state index is 14.2. The molecule has 2 amide bonds. The molecule has 0 aliphatic rings. The number of carbonyl (C=O) groups excluding carboxylic acids is 2. The van der Waals surface area contributed by atoms with Crippen LogP contribution in [0.3, 0.4) is 0 Å². The molecule has 0 heterocycles. The molecule has 0 fully saturated rings. The highest BCUT2D eigenvalue weighted by Gasteiger charge is 2.34. The van der Waals surface area contributed by atoms with Gasteiger partial charge in [0.1, 0.15) is 18.3 Å². The number of methoxy groups -OCH3 is 1. The van der Waals surface area contributed by atoms with Crippen LogP contribution in [0.1, 0.15) is 44.2 Å². The number of anilines is 1. The molecule has 1 atom stereocenters. The summed E-state index contributed by atoms with van der Waals surface area (Å²) < 4.78 is 34.6. The van der Waals surface area contributed by atoms with Crippen LogP contribution in [-0.4, -0.2) is 51.4 Å². The molecule has 0 aliphatic carbocycles. The Bertz CT molecular complexity index is 1430. The van der Waals surface area contributed by atoms with E-state index in [1.165, 1.54) is 24.1 Å². The number of benzene rings is 3. The number of halogens is 1. The molecule has 0 saturated carbocycles. The zero-order valence-corrected chi connectivity index (χ0v) is 25.5. The number of para-hydroxylation sites is 2. The lowest BCUT2D eigenvalue weighted by Crippen LogP contribution is -2.52. The summed E-state index contributed by atoms with van der Waals surface area (Å²) in [4.78, 5) is 28.9. The van der Waals surface area contributed by atoms with Crippen molar-refractivity contribution in [2.24, 2.45) is 0 Å². The molecule has 3 rings (SSSR count). The van der Waals surface area contributed by atoms with Gasteiger partial charge in [0.15, 0.2) is 0 Å². The van der Waals surface area contributed by atoms with Crippen LogP contribution >= 0.6 is 11.6 Å². The number of unbranched alkanes of at least 4 members (excludes halogenated alkanes) is 1. The second-order valence-electron chi connectivity index (χ2n) is 9.68. The fourth-order valence-corrected chi connectivity index (χ4v) is 6.04. The number of aryl methyl sites for hydroxylation is 1. The summed E-state index contributed by atoms with van der Waals surface area (Å²) in [7, 11) is -2.76. The van der Waals surface area contributed by atoms with Crippen LogP contribution in [0.4, 0.5) is 5.69 Å². The van der Waals surface area contributed by atoms with Gasteiger partial charge in [-0.15, -0.1) is 0 Å². The first-order chi connectivity index (χ1) is 19.6. The second-order valence-corrected chi connectivity index (χ2v) is 11.9. The maximum Gasteiger partial charge on any atom is 0.264 e. The molecule has 8 nitrogen and oxygen atoms in total. The Morgan fingerprint density at radius 3 is 2.27 bits per heavy atom. The van der Waals surface area contributed by atoms with E-state index < -0.39 is 28.5 Å². The lowest BCUT2D eigenvalue weighted by atomic mass is 10.1. The van der Waals surface area contributed by atoms with Gasteiger partial charge in [0.05, 0.1) is 17.7 Å². The summed E-state index contributed by atoms with van der Waals surface area (Å²) in [5.74, 6) is -0.561. The number of amides is 2. The lowest BCUT2D eigenvalue weighted by molar-refractivity contribution is -0.140. The van der Waals surface area contributed by atoms with E-state index >= 15 is 0 Å². The van der Waals surface area contributed by atoms with Crippen LogP contribution in [-0.2, 0) is 26.2 Å². The molecule has 0 saturated heterocycles. The number of ether oxygens (including phenoxy) is 1. The largest absolute Gasteiger partial charge is 0.495 e. The maximum atomic E-state index is 14.2. The topological polar surface area (TPSA) is 96.0 Å². The third kappa shape index (κ3) is 8.01. The molecular formula is C31H38ClN3O5S. The van der Waals surface area contributed by atoms with Crippen LogP contribution in [0.15, 0.2) is 77.7 Å². The minimum absolute atomic E-state index is 0.0303. The van der Waals surface area contributed by atoms with E-state index in [9.17, 15) is 18.0 Å². The summed E-state index contributed by atoms with van der Waals surface area (Å²) in [6.45, 7) is 5.66. The monoisotopic (exact) mass is 599 g/mol. The highest BCUT2D eigenvalue weighted by molar-refractivity contribution is 7.92. The SMILES string of the molecule is CCCCNC(=O)[C@H](CC)N(Cc1ccccc1Cl)C(=O)CN(c1ccccc1OC)S(=O)(=O)c1ccc(C)cc1. The zero-order valence-electron chi connectivity index (χ0n) is 24.0. The predicted molar refractivity (Wildman–Crippen MR) is 163 cm³/mol. The molecule has 3 aromatic rings. The average molecular weight is 600 g/mol. The van der Waals surface area contributed by atoms with Gasteiger partial charge in [0, 0.05) is 18.1 Å².